The van der Waals surface area contributed by atoms with E-state index in [4.69, 9.17) is 11.5 Å². The number of nitrogens with two attached hydrogens (primary N) is 2. The van der Waals surface area contributed by atoms with Crippen LogP contribution in [0.4, 0.5) is 0 Å². The monoisotopic (exact) mass is 158 g/mol. The summed E-state index contributed by atoms with van der Waals surface area (Å²) in [5, 5.41) is 4.26. The van der Waals surface area contributed by atoms with Crippen LogP contribution >= 0.6 is 0 Å². The summed E-state index contributed by atoms with van der Waals surface area (Å²) in [4.78, 5) is 0. The molecule has 0 saturated heterocycles. The maximum absolute atomic E-state index is 5.73. The molecule has 1 radical (unpaired) electrons. The zero-order valence-electron chi connectivity index (χ0n) is 8.02. The number of hydrogen-bond acceptors (Lipinski definition) is 2. The van der Waals surface area contributed by atoms with Crippen LogP contribution in [0.15, 0.2) is 0 Å². The molecule has 0 fully saturated rings. The van der Waals surface area contributed by atoms with Crippen molar-refractivity contribution in [3.63, 3.8) is 0 Å². The van der Waals surface area contributed by atoms with Crippen molar-refractivity contribution in [2.45, 2.75) is 38.8 Å². The van der Waals surface area contributed by atoms with Gasteiger partial charge in [-0.2, -0.15) is 0 Å². The summed E-state index contributed by atoms with van der Waals surface area (Å²) in [5.41, 5.74) is 11.1. The lowest BCUT2D eigenvalue weighted by atomic mass is 10.1. The maximum atomic E-state index is 5.73. The molecule has 0 spiro atoms. The Kier molecular flexibility index (Phi) is 3.48. The molecule has 0 aliphatic heterocycles. The molecule has 0 aliphatic rings. The van der Waals surface area contributed by atoms with Gasteiger partial charge in [0.05, 0.1) is 0 Å². The molecule has 0 bridgehead atoms. The van der Waals surface area contributed by atoms with E-state index in [-0.39, 0.29) is 11.1 Å². The predicted octanol–water partition coefficient (Wildman–Crippen LogP) is 0.0654. The van der Waals surface area contributed by atoms with Gasteiger partial charge >= 0.3 is 0 Å². The van der Waals surface area contributed by atoms with Crippen molar-refractivity contribution in [1.29, 1.82) is 0 Å². The Balaban J connectivity index is 3.44. The number of rotatable bonds is 4. The van der Waals surface area contributed by atoms with Gasteiger partial charge in [-0.1, -0.05) is 0 Å². The van der Waals surface area contributed by atoms with Gasteiger partial charge in [-0.05, 0) is 27.7 Å². The van der Waals surface area contributed by atoms with Crippen LogP contribution in [0.25, 0.3) is 0 Å². The minimum atomic E-state index is -0.203. The van der Waals surface area contributed by atoms with Crippen molar-refractivity contribution >= 4 is 0 Å². The molecular formula is C8H20N3. The third-order valence-corrected chi connectivity index (χ3v) is 1.04. The Hall–Kier alpha value is -0.120. The summed E-state index contributed by atoms with van der Waals surface area (Å²) in [5.74, 6) is 0. The van der Waals surface area contributed by atoms with Crippen LogP contribution in [-0.2, 0) is 0 Å². The van der Waals surface area contributed by atoms with Crippen molar-refractivity contribution in [2.75, 3.05) is 13.1 Å². The van der Waals surface area contributed by atoms with Gasteiger partial charge in [-0.3, -0.25) is 0 Å². The van der Waals surface area contributed by atoms with E-state index in [1.54, 1.807) is 0 Å². The molecule has 0 atom stereocenters. The summed E-state index contributed by atoms with van der Waals surface area (Å²) in [7, 11) is 0. The van der Waals surface area contributed by atoms with Gasteiger partial charge in [0.25, 0.3) is 0 Å². The quantitative estimate of drug-likeness (QED) is 0.608. The fourth-order valence-corrected chi connectivity index (χ4v) is 0.632. The Morgan fingerprint density at radius 3 is 1.36 bits per heavy atom. The van der Waals surface area contributed by atoms with E-state index in [0.717, 1.165) is 0 Å². The standard InChI is InChI=1S/C8H20N3/c1-7(2,9)5-11-6-8(3,4)10/h5-6,9-10H2,1-4H3. The average molecular weight is 158 g/mol. The van der Waals surface area contributed by atoms with Crippen LogP contribution in [0.3, 0.4) is 0 Å². The van der Waals surface area contributed by atoms with Crippen LogP contribution in [0.5, 0.6) is 0 Å². The first kappa shape index (κ1) is 10.9. The summed E-state index contributed by atoms with van der Waals surface area (Å²) >= 11 is 0. The minimum Gasteiger partial charge on any atom is -0.324 e. The molecule has 0 heterocycles. The SMILES string of the molecule is CC(C)(N)C[N]CC(C)(C)N. The fraction of sp³-hybridized carbons (Fsp3) is 1.00. The second kappa shape index (κ2) is 3.52. The van der Waals surface area contributed by atoms with Gasteiger partial charge in [0.2, 0.25) is 0 Å². The van der Waals surface area contributed by atoms with Crippen molar-refractivity contribution in [3.05, 3.63) is 0 Å². The fourth-order valence-electron chi connectivity index (χ4n) is 0.632. The molecule has 0 saturated carbocycles. The van der Waals surface area contributed by atoms with Crippen LogP contribution in [-0.4, -0.2) is 24.2 Å². The lowest BCUT2D eigenvalue weighted by Crippen LogP contribution is -2.46. The van der Waals surface area contributed by atoms with E-state index < -0.39 is 0 Å². The molecule has 0 aromatic carbocycles. The lowest BCUT2D eigenvalue weighted by molar-refractivity contribution is 0.405. The Bertz CT molecular complexity index is 93.5. The van der Waals surface area contributed by atoms with E-state index in [9.17, 15) is 0 Å². The third kappa shape index (κ3) is 9.88. The molecule has 3 heteroatoms. The van der Waals surface area contributed by atoms with Gasteiger partial charge in [0.15, 0.2) is 0 Å². The van der Waals surface area contributed by atoms with Crippen LogP contribution < -0.4 is 16.8 Å². The van der Waals surface area contributed by atoms with E-state index in [1.807, 2.05) is 27.7 Å². The van der Waals surface area contributed by atoms with E-state index in [0.29, 0.717) is 13.1 Å². The van der Waals surface area contributed by atoms with Gasteiger partial charge in [0.1, 0.15) is 0 Å². The first-order valence-electron chi connectivity index (χ1n) is 3.92. The average Bonchev–Trinajstić information content (AvgIpc) is 1.55. The lowest BCUT2D eigenvalue weighted by Gasteiger charge is -2.22. The molecule has 67 valence electrons. The summed E-state index contributed by atoms with van der Waals surface area (Å²) in [6, 6.07) is 0. The van der Waals surface area contributed by atoms with Crippen molar-refractivity contribution in [1.82, 2.24) is 5.32 Å². The van der Waals surface area contributed by atoms with Crippen LogP contribution in [0.1, 0.15) is 27.7 Å². The molecule has 4 N–H and O–H groups in total. The predicted molar refractivity (Wildman–Crippen MR) is 48.4 cm³/mol. The highest BCUT2D eigenvalue weighted by molar-refractivity contribution is 4.79. The summed E-state index contributed by atoms with van der Waals surface area (Å²) in [6.45, 7) is 9.18. The third-order valence-electron chi connectivity index (χ3n) is 1.04. The number of nitrogens with zero attached hydrogens (tertiary/aromatic N) is 1. The molecule has 3 nitrogen and oxygen atoms in total. The molecular weight excluding hydrogens is 138 g/mol. The molecule has 0 aromatic rings. The smallest absolute Gasteiger partial charge is 0.0309 e. The van der Waals surface area contributed by atoms with Gasteiger partial charge in [-0.25, -0.2) is 5.32 Å². The molecule has 11 heavy (non-hydrogen) atoms. The van der Waals surface area contributed by atoms with Gasteiger partial charge in [-0.15, -0.1) is 0 Å². The van der Waals surface area contributed by atoms with Gasteiger partial charge < -0.3 is 11.5 Å². The highest BCUT2D eigenvalue weighted by Gasteiger charge is 2.14. The van der Waals surface area contributed by atoms with E-state index >= 15 is 0 Å². The Morgan fingerprint density at radius 2 is 1.18 bits per heavy atom. The molecule has 0 aliphatic carbocycles. The summed E-state index contributed by atoms with van der Waals surface area (Å²) < 4.78 is 0. The van der Waals surface area contributed by atoms with Crippen molar-refractivity contribution in [3.8, 4) is 0 Å². The van der Waals surface area contributed by atoms with E-state index in [1.165, 1.54) is 0 Å². The number of hydrogen-bond donors (Lipinski definition) is 2. The second-order valence-electron chi connectivity index (χ2n) is 4.52. The van der Waals surface area contributed by atoms with E-state index in [2.05, 4.69) is 5.32 Å². The topological polar surface area (TPSA) is 66.1 Å². The maximum Gasteiger partial charge on any atom is 0.0309 e. The van der Waals surface area contributed by atoms with Crippen LogP contribution in [0, 0.1) is 0 Å². The zero-order valence-corrected chi connectivity index (χ0v) is 8.02. The van der Waals surface area contributed by atoms with Crippen molar-refractivity contribution in [2.24, 2.45) is 11.5 Å². The van der Waals surface area contributed by atoms with Crippen molar-refractivity contribution < 1.29 is 0 Å². The molecule has 0 unspecified atom stereocenters. The summed E-state index contributed by atoms with van der Waals surface area (Å²) in [6.07, 6.45) is 0. The first-order valence-corrected chi connectivity index (χ1v) is 3.92. The largest absolute Gasteiger partial charge is 0.324 e. The highest BCUT2D eigenvalue weighted by atomic mass is 15.0. The Morgan fingerprint density at radius 1 is 0.909 bits per heavy atom. The molecule has 0 aromatic heterocycles. The molecule has 0 amide bonds. The van der Waals surface area contributed by atoms with Crippen LogP contribution in [0.2, 0.25) is 0 Å². The highest BCUT2D eigenvalue weighted by Crippen LogP contribution is 1.97. The minimum absolute atomic E-state index is 0.203. The molecule has 0 rings (SSSR count). The first-order chi connectivity index (χ1) is 4.71. The normalized spacial score (nSPS) is 13.6. The second-order valence-corrected chi connectivity index (χ2v) is 4.52. The Labute approximate surface area is 69.5 Å². The zero-order chi connectivity index (χ0) is 9.12. The van der Waals surface area contributed by atoms with Gasteiger partial charge in [0, 0.05) is 24.2 Å².